The summed E-state index contributed by atoms with van der Waals surface area (Å²) in [5, 5.41) is 5.57. The van der Waals surface area contributed by atoms with Crippen molar-refractivity contribution in [3.63, 3.8) is 0 Å². The number of carbonyl (C=O) groups is 2. The van der Waals surface area contributed by atoms with E-state index >= 15 is 0 Å². The fourth-order valence-electron chi connectivity index (χ4n) is 4.22. The minimum Gasteiger partial charge on any atom is -0.340 e. The zero-order chi connectivity index (χ0) is 21.4. The van der Waals surface area contributed by atoms with Crippen LogP contribution in [-0.2, 0) is 9.59 Å². The first-order valence-electron chi connectivity index (χ1n) is 10.4. The molecule has 1 aromatic carbocycles. The maximum atomic E-state index is 13.0. The molecule has 2 aromatic rings. The predicted octanol–water partition coefficient (Wildman–Crippen LogP) is 2.83. The van der Waals surface area contributed by atoms with Gasteiger partial charge in [0.25, 0.3) is 5.56 Å². The molecule has 158 valence electrons. The van der Waals surface area contributed by atoms with Crippen LogP contribution < -0.4 is 21.1 Å². The molecule has 0 bridgehead atoms. The van der Waals surface area contributed by atoms with Gasteiger partial charge in [-0.1, -0.05) is 12.1 Å². The van der Waals surface area contributed by atoms with Crippen LogP contribution in [0.15, 0.2) is 23.0 Å². The molecule has 3 N–H and O–H groups in total. The lowest BCUT2D eigenvalue weighted by Gasteiger charge is -2.34. The van der Waals surface area contributed by atoms with E-state index in [2.05, 4.69) is 32.4 Å². The molecular weight excluding hydrogens is 382 g/mol. The van der Waals surface area contributed by atoms with E-state index in [9.17, 15) is 14.4 Å². The third kappa shape index (κ3) is 3.81. The number of H-pyrrole nitrogens is 1. The smallest absolute Gasteiger partial charge is 0.258 e. The Morgan fingerprint density at radius 2 is 2.03 bits per heavy atom. The van der Waals surface area contributed by atoms with Gasteiger partial charge in [-0.15, -0.1) is 0 Å². The van der Waals surface area contributed by atoms with Gasteiger partial charge in [0.15, 0.2) is 0 Å². The third-order valence-corrected chi connectivity index (χ3v) is 5.98. The van der Waals surface area contributed by atoms with Crippen LogP contribution in [0.3, 0.4) is 0 Å². The third-order valence-electron chi connectivity index (χ3n) is 5.98. The molecule has 0 spiro atoms. The lowest BCUT2D eigenvalue weighted by Crippen LogP contribution is -2.42. The van der Waals surface area contributed by atoms with Gasteiger partial charge in [-0.3, -0.25) is 19.4 Å². The summed E-state index contributed by atoms with van der Waals surface area (Å²) in [6.07, 6.45) is 3.10. The predicted molar refractivity (Wildman–Crippen MR) is 116 cm³/mol. The molecule has 1 saturated heterocycles. The van der Waals surface area contributed by atoms with E-state index in [1.54, 1.807) is 0 Å². The second kappa shape index (κ2) is 7.93. The summed E-state index contributed by atoms with van der Waals surface area (Å²) < 4.78 is 0. The molecule has 1 aromatic heterocycles. The van der Waals surface area contributed by atoms with Crippen LogP contribution in [0.25, 0.3) is 0 Å². The monoisotopic (exact) mass is 409 g/mol. The first kappa shape index (κ1) is 20.1. The highest BCUT2D eigenvalue weighted by Crippen LogP contribution is 2.31. The number of carbonyl (C=O) groups excluding carboxylic acids is 2. The number of anilines is 3. The lowest BCUT2D eigenvalue weighted by molar-refractivity contribution is -0.123. The number of nitrogens with zero attached hydrogens (tertiary/aromatic N) is 2. The summed E-state index contributed by atoms with van der Waals surface area (Å²) in [6.45, 7) is 6.73. The Morgan fingerprint density at radius 3 is 2.80 bits per heavy atom. The Labute approximate surface area is 175 Å². The minimum atomic E-state index is -0.891. The Balaban J connectivity index is 1.67. The average molecular weight is 409 g/mol. The van der Waals surface area contributed by atoms with E-state index in [0.717, 1.165) is 36.9 Å². The van der Waals surface area contributed by atoms with E-state index in [1.165, 1.54) is 0 Å². The van der Waals surface area contributed by atoms with Crippen molar-refractivity contribution in [2.75, 3.05) is 22.1 Å². The zero-order valence-electron chi connectivity index (χ0n) is 17.5. The number of rotatable bonds is 3. The van der Waals surface area contributed by atoms with Gasteiger partial charge >= 0.3 is 0 Å². The largest absolute Gasteiger partial charge is 0.340 e. The number of fused-ring (bicyclic) bond motifs is 1. The van der Waals surface area contributed by atoms with E-state index < -0.39 is 5.92 Å². The highest BCUT2D eigenvalue weighted by molar-refractivity contribution is 6.04. The van der Waals surface area contributed by atoms with Crippen LogP contribution in [0.1, 0.15) is 55.2 Å². The Kier molecular flexibility index (Phi) is 5.32. The van der Waals surface area contributed by atoms with E-state index in [4.69, 9.17) is 0 Å². The van der Waals surface area contributed by atoms with Gasteiger partial charge in [0.1, 0.15) is 5.82 Å². The van der Waals surface area contributed by atoms with Crippen LogP contribution in [0.5, 0.6) is 0 Å². The van der Waals surface area contributed by atoms with Crippen molar-refractivity contribution in [1.82, 2.24) is 9.97 Å². The molecule has 0 saturated carbocycles. The van der Waals surface area contributed by atoms with Crippen molar-refractivity contribution in [1.29, 1.82) is 0 Å². The first-order valence-corrected chi connectivity index (χ1v) is 10.4. The topological polar surface area (TPSA) is 107 Å². The van der Waals surface area contributed by atoms with E-state index in [0.29, 0.717) is 11.6 Å². The summed E-state index contributed by atoms with van der Waals surface area (Å²) in [7, 11) is 0. The second-order valence-electron chi connectivity index (χ2n) is 8.30. The second-order valence-corrected chi connectivity index (χ2v) is 8.30. The number of nitrogens with one attached hydrogen (secondary N) is 3. The summed E-state index contributed by atoms with van der Waals surface area (Å²) in [5.41, 5.74) is 2.43. The summed E-state index contributed by atoms with van der Waals surface area (Å²) in [5.74, 6) is -0.964. The molecule has 0 unspecified atom stereocenters. The van der Waals surface area contributed by atoms with E-state index in [-0.39, 0.29) is 41.2 Å². The van der Waals surface area contributed by atoms with Crippen molar-refractivity contribution in [3.05, 3.63) is 45.2 Å². The van der Waals surface area contributed by atoms with Gasteiger partial charge in [-0.25, -0.2) is 0 Å². The molecular formula is C22H27N5O3. The molecule has 2 aliphatic rings. The number of aryl methyl sites for hydroxylation is 2. The van der Waals surface area contributed by atoms with Gasteiger partial charge in [0.2, 0.25) is 17.8 Å². The fraction of sp³-hybridized carbons (Fsp3) is 0.455. The Hall–Kier alpha value is -3.16. The standard InChI is InChI=1S/C22H27N5O3/c1-12-7-8-13(2)16(10-12)23-20(29)15-11-17(28)24-19-18(15)21(30)26-22(25-19)27-9-5-4-6-14(27)3/h7-8,10,14-15H,4-6,9,11H2,1-3H3,(H,23,29)(H2,24,25,26,28,30)/t14-,15+/m1/s1. The van der Waals surface area contributed by atoms with Crippen LogP contribution >= 0.6 is 0 Å². The molecule has 2 atom stereocenters. The maximum absolute atomic E-state index is 13.0. The van der Waals surface area contributed by atoms with Crippen molar-refractivity contribution >= 4 is 29.3 Å². The molecule has 0 aliphatic carbocycles. The highest BCUT2D eigenvalue weighted by atomic mass is 16.2. The van der Waals surface area contributed by atoms with Crippen LogP contribution in [0.2, 0.25) is 0 Å². The zero-order valence-corrected chi connectivity index (χ0v) is 17.5. The van der Waals surface area contributed by atoms with Crippen LogP contribution in [-0.4, -0.2) is 34.4 Å². The van der Waals surface area contributed by atoms with Crippen molar-refractivity contribution < 1.29 is 9.59 Å². The van der Waals surface area contributed by atoms with Crippen LogP contribution in [0, 0.1) is 13.8 Å². The number of benzene rings is 1. The summed E-state index contributed by atoms with van der Waals surface area (Å²) in [4.78, 5) is 47.8. The summed E-state index contributed by atoms with van der Waals surface area (Å²) >= 11 is 0. The highest BCUT2D eigenvalue weighted by Gasteiger charge is 2.35. The van der Waals surface area contributed by atoms with Crippen molar-refractivity contribution in [2.24, 2.45) is 0 Å². The molecule has 2 amide bonds. The number of hydrogen-bond acceptors (Lipinski definition) is 5. The van der Waals surface area contributed by atoms with Crippen LogP contribution in [0.4, 0.5) is 17.5 Å². The first-order chi connectivity index (χ1) is 14.3. The molecule has 2 aliphatic heterocycles. The Morgan fingerprint density at radius 1 is 1.23 bits per heavy atom. The number of piperidine rings is 1. The Bertz CT molecular complexity index is 1060. The van der Waals surface area contributed by atoms with Crippen molar-refractivity contribution in [2.45, 2.75) is 58.4 Å². The SMILES string of the molecule is Cc1ccc(C)c(NC(=O)[C@H]2CC(=O)Nc3nc(N4CCCC[C@H]4C)[nH]c(=O)c32)c1. The van der Waals surface area contributed by atoms with Crippen molar-refractivity contribution in [3.8, 4) is 0 Å². The molecule has 4 rings (SSSR count). The number of aromatic nitrogens is 2. The molecule has 8 nitrogen and oxygen atoms in total. The fourth-order valence-corrected chi connectivity index (χ4v) is 4.22. The molecule has 8 heteroatoms. The van der Waals surface area contributed by atoms with Gasteiger partial charge in [-0.05, 0) is 57.2 Å². The van der Waals surface area contributed by atoms with E-state index in [1.807, 2.05) is 32.0 Å². The normalized spacial score (nSPS) is 21.0. The van der Waals surface area contributed by atoms with Gasteiger partial charge < -0.3 is 15.5 Å². The molecule has 3 heterocycles. The average Bonchev–Trinajstić information content (AvgIpc) is 2.70. The number of amides is 2. The maximum Gasteiger partial charge on any atom is 0.258 e. The molecule has 0 radical (unpaired) electrons. The minimum absolute atomic E-state index is 0.0894. The van der Waals surface area contributed by atoms with Gasteiger partial charge in [0, 0.05) is 24.7 Å². The number of aromatic amines is 1. The summed E-state index contributed by atoms with van der Waals surface area (Å²) in [6, 6.07) is 6.02. The number of hydrogen-bond donors (Lipinski definition) is 3. The molecule has 1 fully saturated rings. The quantitative estimate of drug-likeness (QED) is 0.723. The van der Waals surface area contributed by atoms with Gasteiger partial charge in [0.05, 0.1) is 11.5 Å². The van der Waals surface area contributed by atoms with Gasteiger partial charge in [-0.2, -0.15) is 4.98 Å². The lowest BCUT2D eigenvalue weighted by atomic mass is 9.92. The molecule has 30 heavy (non-hydrogen) atoms.